The van der Waals surface area contributed by atoms with Gasteiger partial charge in [0.1, 0.15) is 5.82 Å². The number of hydrogen-bond donors (Lipinski definition) is 1. The highest BCUT2D eigenvalue weighted by Crippen LogP contribution is 2.29. The Morgan fingerprint density at radius 2 is 1.55 bits per heavy atom. The second-order valence-corrected chi connectivity index (χ2v) is 11.6. The second-order valence-electron chi connectivity index (χ2n) is 9.40. The fourth-order valence-electron chi connectivity index (χ4n) is 5.20. The van der Waals surface area contributed by atoms with Crippen LogP contribution in [0.5, 0.6) is 0 Å². The molecule has 2 saturated heterocycles. The monoisotopic (exact) mass is 480 g/mol. The van der Waals surface area contributed by atoms with Gasteiger partial charge in [-0.2, -0.15) is 0 Å². The third-order valence-corrected chi connectivity index (χ3v) is 8.68. The molecule has 2 aliphatic heterocycles. The average molecular weight is 481 g/mol. The van der Waals surface area contributed by atoms with Crippen LogP contribution in [0, 0.1) is 5.82 Å². The fourth-order valence-corrected chi connectivity index (χ4v) is 6.91. The molecule has 1 aromatic rings. The van der Waals surface area contributed by atoms with Gasteiger partial charge in [0.15, 0.2) is 9.84 Å². The number of halogens is 1. The Morgan fingerprint density at radius 3 is 2.12 bits per heavy atom. The number of piperazine rings is 1. The van der Waals surface area contributed by atoms with E-state index in [-0.39, 0.29) is 47.8 Å². The molecule has 1 saturated carbocycles. The minimum absolute atomic E-state index is 0.0338. The van der Waals surface area contributed by atoms with Crippen molar-refractivity contribution >= 4 is 27.3 Å². The van der Waals surface area contributed by atoms with Crippen LogP contribution in [0.15, 0.2) is 24.3 Å². The number of rotatable bonds is 7. The Balaban J connectivity index is 1.26. The first-order chi connectivity index (χ1) is 15.8. The lowest BCUT2D eigenvalue weighted by Crippen LogP contribution is -2.54. The van der Waals surface area contributed by atoms with E-state index in [0.717, 1.165) is 25.7 Å². The SMILES string of the molecule is O=C(CN1CCN(CC(=O)N(C2CCCC2)C2CCS(=O)(=O)C2)CC1)Nc1ccc(F)cc1. The summed E-state index contributed by atoms with van der Waals surface area (Å²) < 4.78 is 37.1. The van der Waals surface area contributed by atoms with Crippen LogP contribution in [-0.4, -0.2) is 97.8 Å². The van der Waals surface area contributed by atoms with Crippen LogP contribution in [0.25, 0.3) is 0 Å². The highest BCUT2D eigenvalue weighted by atomic mass is 32.2. The third kappa shape index (κ3) is 6.51. The van der Waals surface area contributed by atoms with E-state index < -0.39 is 9.84 Å². The molecule has 3 fully saturated rings. The van der Waals surface area contributed by atoms with Gasteiger partial charge in [0, 0.05) is 44.0 Å². The molecule has 0 bridgehead atoms. The standard InChI is InChI=1S/C23H33FN4O4S/c24-18-5-7-19(8-6-18)25-22(29)15-26-10-12-27(13-11-26)16-23(30)28(20-3-1-2-4-20)21-9-14-33(31,32)17-21/h5-8,20-21H,1-4,9-17H2,(H,25,29). The number of nitrogens with zero attached hydrogens (tertiary/aromatic N) is 3. The van der Waals surface area contributed by atoms with E-state index >= 15 is 0 Å². The lowest BCUT2D eigenvalue weighted by Gasteiger charge is -2.38. The van der Waals surface area contributed by atoms with E-state index in [1.54, 1.807) is 0 Å². The molecule has 8 nitrogen and oxygen atoms in total. The first kappa shape index (κ1) is 24.1. The summed E-state index contributed by atoms with van der Waals surface area (Å²) in [6, 6.07) is 5.64. The van der Waals surface area contributed by atoms with Crippen LogP contribution in [-0.2, 0) is 19.4 Å². The van der Waals surface area contributed by atoms with Crippen LogP contribution >= 0.6 is 0 Å². The maximum absolute atomic E-state index is 13.3. The third-order valence-electron chi connectivity index (χ3n) is 6.93. The molecule has 0 spiro atoms. The van der Waals surface area contributed by atoms with Crippen LogP contribution in [0.2, 0.25) is 0 Å². The van der Waals surface area contributed by atoms with Crippen molar-refractivity contribution in [2.45, 2.75) is 44.2 Å². The van der Waals surface area contributed by atoms with Gasteiger partial charge in [-0.3, -0.25) is 19.4 Å². The Labute approximate surface area is 195 Å². The van der Waals surface area contributed by atoms with E-state index in [0.29, 0.717) is 44.8 Å². The van der Waals surface area contributed by atoms with Crippen LogP contribution in [0.3, 0.4) is 0 Å². The molecule has 10 heteroatoms. The largest absolute Gasteiger partial charge is 0.335 e. The molecule has 4 rings (SSSR count). The minimum atomic E-state index is -3.05. The summed E-state index contributed by atoms with van der Waals surface area (Å²) >= 11 is 0. The number of carbonyl (C=O) groups excluding carboxylic acids is 2. The van der Waals surface area contributed by atoms with E-state index in [9.17, 15) is 22.4 Å². The van der Waals surface area contributed by atoms with Gasteiger partial charge in [-0.25, -0.2) is 12.8 Å². The van der Waals surface area contributed by atoms with Crippen LogP contribution in [0.4, 0.5) is 10.1 Å². The predicted octanol–water partition coefficient (Wildman–Crippen LogP) is 1.34. The summed E-state index contributed by atoms with van der Waals surface area (Å²) in [7, 11) is -3.05. The zero-order chi connectivity index (χ0) is 23.4. The summed E-state index contributed by atoms with van der Waals surface area (Å²) in [5.41, 5.74) is 0.562. The molecule has 33 heavy (non-hydrogen) atoms. The molecule has 1 aromatic carbocycles. The van der Waals surface area contributed by atoms with E-state index in [4.69, 9.17) is 0 Å². The zero-order valence-corrected chi connectivity index (χ0v) is 19.7. The normalized spacial score (nSPS) is 24.1. The van der Waals surface area contributed by atoms with Gasteiger partial charge < -0.3 is 10.2 Å². The van der Waals surface area contributed by atoms with E-state index in [2.05, 4.69) is 10.2 Å². The first-order valence-corrected chi connectivity index (χ1v) is 13.6. The molecule has 2 amide bonds. The Hall–Kier alpha value is -2.04. The summed E-state index contributed by atoms with van der Waals surface area (Å²) in [5, 5.41) is 2.77. The van der Waals surface area contributed by atoms with Gasteiger partial charge in [0.2, 0.25) is 11.8 Å². The summed E-state index contributed by atoms with van der Waals surface area (Å²) in [6.45, 7) is 3.24. The van der Waals surface area contributed by atoms with Crippen molar-refractivity contribution in [1.82, 2.24) is 14.7 Å². The van der Waals surface area contributed by atoms with E-state index in [1.807, 2.05) is 9.80 Å². The highest BCUT2D eigenvalue weighted by Gasteiger charge is 2.39. The molecule has 1 atom stereocenters. The molecular weight excluding hydrogens is 447 g/mol. The molecule has 0 radical (unpaired) electrons. The van der Waals surface area contributed by atoms with Crippen molar-refractivity contribution in [1.29, 1.82) is 0 Å². The zero-order valence-electron chi connectivity index (χ0n) is 18.9. The lowest BCUT2D eigenvalue weighted by atomic mass is 10.1. The van der Waals surface area contributed by atoms with Gasteiger partial charge in [-0.05, 0) is 43.5 Å². The first-order valence-electron chi connectivity index (χ1n) is 11.8. The van der Waals surface area contributed by atoms with Crippen molar-refractivity contribution in [3.63, 3.8) is 0 Å². The maximum Gasteiger partial charge on any atom is 0.238 e. The molecule has 1 aliphatic carbocycles. The molecule has 3 aliphatic rings. The molecule has 1 unspecified atom stereocenters. The Bertz CT molecular complexity index is 942. The van der Waals surface area contributed by atoms with Crippen LogP contribution < -0.4 is 5.32 Å². The Morgan fingerprint density at radius 1 is 0.939 bits per heavy atom. The van der Waals surface area contributed by atoms with Gasteiger partial charge in [-0.1, -0.05) is 12.8 Å². The second kappa shape index (κ2) is 10.5. The number of nitrogens with one attached hydrogen (secondary N) is 1. The predicted molar refractivity (Wildman–Crippen MR) is 124 cm³/mol. The average Bonchev–Trinajstić information content (AvgIpc) is 3.41. The number of anilines is 1. The van der Waals surface area contributed by atoms with Gasteiger partial charge in [-0.15, -0.1) is 0 Å². The lowest BCUT2D eigenvalue weighted by molar-refractivity contribution is -0.137. The fraction of sp³-hybridized carbons (Fsp3) is 0.652. The summed E-state index contributed by atoms with van der Waals surface area (Å²) in [6.07, 6.45) is 4.64. The number of carbonyl (C=O) groups is 2. The van der Waals surface area contributed by atoms with Crippen LogP contribution in [0.1, 0.15) is 32.1 Å². The minimum Gasteiger partial charge on any atom is -0.335 e. The number of amides is 2. The van der Waals surface area contributed by atoms with Crippen molar-refractivity contribution in [2.75, 3.05) is 56.1 Å². The molecule has 1 N–H and O–H groups in total. The smallest absolute Gasteiger partial charge is 0.238 e. The quantitative estimate of drug-likeness (QED) is 0.634. The van der Waals surface area contributed by atoms with Crippen molar-refractivity contribution in [2.24, 2.45) is 0 Å². The maximum atomic E-state index is 13.3. The van der Waals surface area contributed by atoms with Crippen molar-refractivity contribution in [3.8, 4) is 0 Å². The summed E-state index contributed by atoms with van der Waals surface area (Å²) in [4.78, 5) is 31.6. The molecule has 182 valence electrons. The van der Waals surface area contributed by atoms with E-state index in [1.165, 1.54) is 24.3 Å². The molecular formula is C23H33FN4O4S. The molecule has 2 heterocycles. The highest BCUT2D eigenvalue weighted by molar-refractivity contribution is 7.91. The van der Waals surface area contributed by atoms with Gasteiger partial charge in [0.25, 0.3) is 0 Å². The number of hydrogen-bond acceptors (Lipinski definition) is 6. The van der Waals surface area contributed by atoms with Gasteiger partial charge in [0.05, 0.1) is 24.6 Å². The number of benzene rings is 1. The molecule has 0 aromatic heterocycles. The van der Waals surface area contributed by atoms with Crippen molar-refractivity contribution in [3.05, 3.63) is 30.1 Å². The Kier molecular flexibility index (Phi) is 7.65. The van der Waals surface area contributed by atoms with Crippen molar-refractivity contribution < 1.29 is 22.4 Å². The topological polar surface area (TPSA) is 90.0 Å². The number of sulfone groups is 1. The van der Waals surface area contributed by atoms with Gasteiger partial charge >= 0.3 is 0 Å². The summed E-state index contributed by atoms with van der Waals surface area (Å²) in [5.74, 6) is -0.203.